The standard InChI is InChI=1S/C12H15ClN2O2/c1-16-8-9(13)6-7-14-12-15-10-4-2-3-5-11(10)17-12/h2-5,9H,6-8H2,1H3,(H,14,15). The molecule has 2 rings (SSSR count). The van der Waals surface area contributed by atoms with Gasteiger partial charge in [0.15, 0.2) is 5.58 Å². The van der Waals surface area contributed by atoms with Crippen molar-refractivity contribution in [3.05, 3.63) is 24.3 Å². The molecule has 0 aliphatic rings. The summed E-state index contributed by atoms with van der Waals surface area (Å²) in [6, 6.07) is 8.20. The first-order valence-corrected chi connectivity index (χ1v) is 5.95. The number of halogens is 1. The van der Waals surface area contributed by atoms with Crippen LogP contribution in [0, 0.1) is 0 Å². The third-order valence-corrected chi connectivity index (χ3v) is 2.72. The molecule has 1 unspecified atom stereocenters. The van der Waals surface area contributed by atoms with E-state index in [-0.39, 0.29) is 5.38 Å². The van der Waals surface area contributed by atoms with E-state index in [0.29, 0.717) is 19.2 Å². The number of nitrogens with zero attached hydrogens (tertiary/aromatic N) is 1. The predicted octanol–water partition coefficient (Wildman–Crippen LogP) is 2.88. The highest BCUT2D eigenvalue weighted by Gasteiger charge is 2.06. The summed E-state index contributed by atoms with van der Waals surface area (Å²) < 4.78 is 10.5. The third-order valence-electron chi connectivity index (χ3n) is 2.38. The van der Waals surface area contributed by atoms with Crippen molar-refractivity contribution < 1.29 is 9.15 Å². The van der Waals surface area contributed by atoms with Crippen molar-refractivity contribution in [3.8, 4) is 0 Å². The Kier molecular flexibility index (Phi) is 4.23. The van der Waals surface area contributed by atoms with E-state index in [0.717, 1.165) is 17.5 Å². The second-order valence-electron chi connectivity index (χ2n) is 3.75. The van der Waals surface area contributed by atoms with Crippen LogP contribution in [0.15, 0.2) is 28.7 Å². The monoisotopic (exact) mass is 254 g/mol. The van der Waals surface area contributed by atoms with E-state index in [9.17, 15) is 0 Å². The van der Waals surface area contributed by atoms with Gasteiger partial charge < -0.3 is 14.5 Å². The molecule has 0 spiro atoms. The van der Waals surface area contributed by atoms with E-state index in [1.165, 1.54) is 0 Å². The number of fused-ring (bicyclic) bond motifs is 1. The largest absolute Gasteiger partial charge is 0.424 e. The normalized spacial score (nSPS) is 12.8. The van der Waals surface area contributed by atoms with Crippen molar-refractivity contribution in [3.63, 3.8) is 0 Å². The Morgan fingerprint density at radius 1 is 1.47 bits per heavy atom. The highest BCUT2D eigenvalue weighted by atomic mass is 35.5. The van der Waals surface area contributed by atoms with Gasteiger partial charge in [-0.2, -0.15) is 4.98 Å². The minimum absolute atomic E-state index is 0.0110. The Morgan fingerprint density at radius 2 is 2.29 bits per heavy atom. The number of methoxy groups -OCH3 is 1. The number of para-hydroxylation sites is 2. The van der Waals surface area contributed by atoms with Gasteiger partial charge >= 0.3 is 0 Å². The molecule has 1 N–H and O–H groups in total. The topological polar surface area (TPSA) is 47.3 Å². The average Bonchev–Trinajstić information content (AvgIpc) is 2.71. The lowest BCUT2D eigenvalue weighted by Crippen LogP contribution is -2.13. The molecule has 0 aliphatic carbocycles. The summed E-state index contributed by atoms with van der Waals surface area (Å²) in [5.41, 5.74) is 1.64. The van der Waals surface area contributed by atoms with Crippen LogP contribution in [-0.2, 0) is 4.74 Å². The number of hydrogen-bond acceptors (Lipinski definition) is 4. The van der Waals surface area contributed by atoms with Gasteiger partial charge in [0.25, 0.3) is 6.01 Å². The molecule has 2 aromatic rings. The van der Waals surface area contributed by atoms with E-state index < -0.39 is 0 Å². The lowest BCUT2D eigenvalue weighted by Gasteiger charge is -2.07. The van der Waals surface area contributed by atoms with Gasteiger partial charge in [0.05, 0.1) is 12.0 Å². The van der Waals surface area contributed by atoms with Crippen LogP contribution in [-0.4, -0.2) is 30.6 Å². The fourth-order valence-corrected chi connectivity index (χ4v) is 1.78. The molecule has 0 saturated heterocycles. The molecule has 1 heterocycles. The Morgan fingerprint density at radius 3 is 3.06 bits per heavy atom. The molecule has 0 fully saturated rings. The Bertz CT molecular complexity index is 439. The maximum absolute atomic E-state index is 6.01. The van der Waals surface area contributed by atoms with Gasteiger partial charge in [0.2, 0.25) is 0 Å². The summed E-state index contributed by atoms with van der Waals surface area (Å²) in [7, 11) is 1.64. The number of benzene rings is 1. The minimum atomic E-state index is 0.0110. The second kappa shape index (κ2) is 5.89. The van der Waals surface area contributed by atoms with Crippen LogP contribution < -0.4 is 5.32 Å². The van der Waals surface area contributed by atoms with Gasteiger partial charge in [-0.05, 0) is 18.6 Å². The predicted molar refractivity (Wildman–Crippen MR) is 68.6 cm³/mol. The average molecular weight is 255 g/mol. The molecule has 0 amide bonds. The molecule has 0 saturated carbocycles. The Hall–Kier alpha value is -1.26. The molecule has 4 nitrogen and oxygen atoms in total. The number of anilines is 1. The SMILES string of the molecule is COCC(Cl)CCNc1nc2ccccc2o1. The summed E-state index contributed by atoms with van der Waals surface area (Å²) in [6.07, 6.45) is 0.800. The van der Waals surface area contributed by atoms with Crippen molar-refractivity contribution in [1.82, 2.24) is 4.98 Å². The second-order valence-corrected chi connectivity index (χ2v) is 4.37. The maximum atomic E-state index is 6.01. The van der Waals surface area contributed by atoms with Gasteiger partial charge in [-0.25, -0.2) is 0 Å². The lowest BCUT2D eigenvalue weighted by molar-refractivity contribution is 0.196. The van der Waals surface area contributed by atoms with Crippen LogP contribution in [0.4, 0.5) is 6.01 Å². The van der Waals surface area contributed by atoms with Crippen molar-refractivity contribution in [2.75, 3.05) is 25.6 Å². The first-order chi connectivity index (χ1) is 8.29. The van der Waals surface area contributed by atoms with Crippen LogP contribution >= 0.6 is 11.6 Å². The molecule has 1 atom stereocenters. The molecule has 0 aliphatic heterocycles. The third kappa shape index (κ3) is 3.35. The quantitative estimate of drug-likeness (QED) is 0.806. The van der Waals surface area contributed by atoms with Gasteiger partial charge in [-0.3, -0.25) is 0 Å². The molecular formula is C12H15ClN2O2. The summed E-state index contributed by atoms with van der Waals surface area (Å²) >= 11 is 6.01. The van der Waals surface area contributed by atoms with Crippen LogP contribution in [0.2, 0.25) is 0 Å². The number of nitrogens with one attached hydrogen (secondary N) is 1. The van der Waals surface area contributed by atoms with Gasteiger partial charge in [0.1, 0.15) is 5.52 Å². The molecule has 0 bridgehead atoms. The summed E-state index contributed by atoms with van der Waals surface area (Å²) in [4.78, 5) is 4.30. The Balaban J connectivity index is 1.86. The van der Waals surface area contributed by atoms with Gasteiger partial charge in [0, 0.05) is 13.7 Å². The van der Waals surface area contributed by atoms with E-state index in [1.807, 2.05) is 24.3 Å². The molecule has 92 valence electrons. The molecule has 5 heteroatoms. The first kappa shape index (κ1) is 12.2. The summed E-state index contributed by atoms with van der Waals surface area (Å²) in [6.45, 7) is 1.27. The first-order valence-electron chi connectivity index (χ1n) is 5.52. The zero-order chi connectivity index (χ0) is 12.1. The van der Waals surface area contributed by atoms with Crippen LogP contribution in [0.3, 0.4) is 0 Å². The molecule has 1 aromatic carbocycles. The zero-order valence-electron chi connectivity index (χ0n) is 9.65. The number of hydrogen-bond donors (Lipinski definition) is 1. The van der Waals surface area contributed by atoms with Crippen molar-refractivity contribution in [2.45, 2.75) is 11.8 Å². The fraction of sp³-hybridized carbons (Fsp3) is 0.417. The molecule has 1 aromatic heterocycles. The molecular weight excluding hydrogens is 240 g/mol. The van der Waals surface area contributed by atoms with E-state index in [4.69, 9.17) is 20.8 Å². The lowest BCUT2D eigenvalue weighted by atomic mass is 10.3. The van der Waals surface area contributed by atoms with Gasteiger partial charge in [-0.1, -0.05) is 12.1 Å². The van der Waals surface area contributed by atoms with E-state index in [2.05, 4.69) is 10.3 Å². The molecule has 17 heavy (non-hydrogen) atoms. The number of alkyl halides is 1. The maximum Gasteiger partial charge on any atom is 0.295 e. The smallest absolute Gasteiger partial charge is 0.295 e. The number of ether oxygens (including phenoxy) is 1. The minimum Gasteiger partial charge on any atom is -0.424 e. The van der Waals surface area contributed by atoms with Crippen LogP contribution in [0.1, 0.15) is 6.42 Å². The van der Waals surface area contributed by atoms with Crippen molar-refractivity contribution in [1.29, 1.82) is 0 Å². The number of rotatable bonds is 6. The van der Waals surface area contributed by atoms with E-state index >= 15 is 0 Å². The summed E-state index contributed by atoms with van der Waals surface area (Å²) in [5, 5.41) is 3.12. The fourth-order valence-electron chi connectivity index (χ4n) is 1.55. The van der Waals surface area contributed by atoms with Gasteiger partial charge in [-0.15, -0.1) is 11.6 Å². The summed E-state index contributed by atoms with van der Waals surface area (Å²) in [5.74, 6) is 0. The number of aromatic nitrogens is 1. The van der Waals surface area contributed by atoms with Crippen molar-refractivity contribution in [2.24, 2.45) is 0 Å². The highest BCUT2D eigenvalue weighted by molar-refractivity contribution is 6.20. The molecule has 0 radical (unpaired) electrons. The van der Waals surface area contributed by atoms with Crippen LogP contribution in [0.5, 0.6) is 0 Å². The highest BCUT2D eigenvalue weighted by Crippen LogP contribution is 2.18. The van der Waals surface area contributed by atoms with Crippen molar-refractivity contribution >= 4 is 28.7 Å². The zero-order valence-corrected chi connectivity index (χ0v) is 10.4. The van der Waals surface area contributed by atoms with Crippen LogP contribution in [0.25, 0.3) is 11.1 Å². The Labute approximate surface area is 105 Å². The number of oxazole rings is 1. The van der Waals surface area contributed by atoms with E-state index in [1.54, 1.807) is 7.11 Å².